The van der Waals surface area contributed by atoms with Gasteiger partial charge in [-0.1, -0.05) is 0 Å². The fraction of sp³-hybridized carbons (Fsp3) is 0.737. The van der Waals surface area contributed by atoms with Crippen molar-refractivity contribution >= 4 is 23.4 Å². The zero-order chi connectivity index (χ0) is 19.9. The second-order valence-electron chi connectivity index (χ2n) is 7.91. The highest BCUT2D eigenvalue weighted by atomic mass is 32.1. The SMILES string of the molecule is CN=C(NCCc1ncc(C)s1)NCC1CCN(C(=O)OC(C)(C)C)CC1. The van der Waals surface area contributed by atoms with Gasteiger partial charge in [-0.05, 0) is 46.5 Å². The third-order valence-electron chi connectivity index (χ3n) is 4.35. The number of aromatic nitrogens is 1. The van der Waals surface area contributed by atoms with Crippen molar-refractivity contribution in [2.45, 2.75) is 52.6 Å². The molecule has 0 aliphatic carbocycles. The van der Waals surface area contributed by atoms with Crippen LogP contribution in [0, 0.1) is 12.8 Å². The Labute approximate surface area is 166 Å². The number of piperidine rings is 1. The van der Waals surface area contributed by atoms with E-state index < -0.39 is 5.60 Å². The summed E-state index contributed by atoms with van der Waals surface area (Å²) < 4.78 is 5.45. The molecule has 1 aromatic heterocycles. The molecule has 0 radical (unpaired) electrons. The van der Waals surface area contributed by atoms with E-state index in [1.54, 1.807) is 18.4 Å². The number of rotatable bonds is 5. The first-order valence-corrected chi connectivity index (χ1v) is 10.4. The molecule has 2 N–H and O–H groups in total. The number of aryl methyl sites for hydroxylation is 1. The summed E-state index contributed by atoms with van der Waals surface area (Å²) in [5.74, 6) is 1.35. The molecule has 0 aromatic carbocycles. The lowest BCUT2D eigenvalue weighted by Gasteiger charge is -2.33. The van der Waals surface area contributed by atoms with E-state index in [0.717, 1.165) is 56.4 Å². The number of hydrogen-bond acceptors (Lipinski definition) is 5. The van der Waals surface area contributed by atoms with E-state index in [4.69, 9.17) is 4.74 Å². The number of nitrogens with zero attached hydrogens (tertiary/aromatic N) is 3. The quantitative estimate of drug-likeness (QED) is 0.592. The molecule has 2 heterocycles. The van der Waals surface area contributed by atoms with Crippen LogP contribution < -0.4 is 10.6 Å². The molecule has 1 aliphatic rings. The van der Waals surface area contributed by atoms with Gasteiger partial charge >= 0.3 is 6.09 Å². The van der Waals surface area contributed by atoms with E-state index >= 15 is 0 Å². The summed E-state index contributed by atoms with van der Waals surface area (Å²) in [6.45, 7) is 10.9. The Kier molecular flexibility index (Phi) is 7.89. The molecule has 8 heteroatoms. The first kappa shape index (κ1) is 21.5. The fourth-order valence-corrected chi connectivity index (χ4v) is 3.70. The lowest BCUT2D eigenvalue weighted by atomic mass is 9.97. The summed E-state index contributed by atoms with van der Waals surface area (Å²) in [5.41, 5.74) is -0.440. The van der Waals surface area contributed by atoms with Crippen LogP contribution in [0.2, 0.25) is 0 Å². The summed E-state index contributed by atoms with van der Waals surface area (Å²) in [4.78, 5) is 23.8. The van der Waals surface area contributed by atoms with Gasteiger partial charge in [0.1, 0.15) is 5.60 Å². The maximum atomic E-state index is 12.1. The van der Waals surface area contributed by atoms with E-state index in [1.165, 1.54) is 4.88 Å². The fourth-order valence-electron chi connectivity index (χ4n) is 2.91. The molecule has 0 saturated carbocycles. The van der Waals surface area contributed by atoms with Crippen LogP contribution >= 0.6 is 11.3 Å². The minimum Gasteiger partial charge on any atom is -0.444 e. The maximum absolute atomic E-state index is 12.1. The Morgan fingerprint density at radius 2 is 2.07 bits per heavy atom. The molecular weight excluding hydrogens is 362 g/mol. The Morgan fingerprint density at radius 1 is 1.37 bits per heavy atom. The van der Waals surface area contributed by atoms with Crippen LogP contribution in [-0.4, -0.2) is 60.8 Å². The Morgan fingerprint density at radius 3 is 2.63 bits per heavy atom. The number of nitrogens with one attached hydrogen (secondary N) is 2. The Hall–Kier alpha value is -1.83. The molecule has 2 rings (SSSR count). The van der Waals surface area contributed by atoms with E-state index in [1.807, 2.05) is 31.9 Å². The topological polar surface area (TPSA) is 78.9 Å². The van der Waals surface area contributed by atoms with Crippen LogP contribution in [0.4, 0.5) is 4.79 Å². The van der Waals surface area contributed by atoms with E-state index in [2.05, 4.69) is 27.5 Å². The molecule has 27 heavy (non-hydrogen) atoms. The lowest BCUT2D eigenvalue weighted by Crippen LogP contribution is -2.45. The predicted octanol–water partition coefficient (Wildman–Crippen LogP) is 2.81. The molecular formula is C19H33N5O2S. The first-order chi connectivity index (χ1) is 12.8. The highest BCUT2D eigenvalue weighted by Gasteiger charge is 2.26. The third-order valence-corrected chi connectivity index (χ3v) is 5.32. The van der Waals surface area contributed by atoms with Gasteiger partial charge in [-0.15, -0.1) is 11.3 Å². The molecule has 0 unspecified atom stereocenters. The van der Waals surface area contributed by atoms with Crippen molar-refractivity contribution in [1.82, 2.24) is 20.5 Å². The number of hydrogen-bond donors (Lipinski definition) is 2. The lowest BCUT2D eigenvalue weighted by molar-refractivity contribution is 0.0185. The van der Waals surface area contributed by atoms with Gasteiger partial charge in [-0.25, -0.2) is 9.78 Å². The number of ether oxygens (including phenoxy) is 1. The monoisotopic (exact) mass is 395 g/mol. The van der Waals surface area contributed by atoms with Crippen molar-refractivity contribution in [3.05, 3.63) is 16.1 Å². The number of aliphatic imine (C=N–C) groups is 1. The van der Waals surface area contributed by atoms with Crippen molar-refractivity contribution in [3.63, 3.8) is 0 Å². The average Bonchev–Trinajstić information content (AvgIpc) is 3.02. The van der Waals surface area contributed by atoms with Gasteiger partial charge in [0, 0.05) is 50.7 Å². The van der Waals surface area contributed by atoms with Gasteiger partial charge in [0.15, 0.2) is 5.96 Å². The minimum atomic E-state index is -0.440. The van der Waals surface area contributed by atoms with Crippen LogP contribution in [0.3, 0.4) is 0 Å². The van der Waals surface area contributed by atoms with E-state index in [9.17, 15) is 4.79 Å². The summed E-state index contributed by atoms with van der Waals surface area (Å²) in [7, 11) is 1.79. The molecule has 1 aliphatic heterocycles. The van der Waals surface area contributed by atoms with Gasteiger partial charge in [0.05, 0.1) is 5.01 Å². The first-order valence-electron chi connectivity index (χ1n) is 9.60. The van der Waals surface area contributed by atoms with Crippen LogP contribution in [0.25, 0.3) is 0 Å². The average molecular weight is 396 g/mol. The highest BCUT2D eigenvalue weighted by molar-refractivity contribution is 7.11. The van der Waals surface area contributed by atoms with E-state index in [-0.39, 0.29) is 6.09 Å². The van der Waals surface area contributed by atoms with Crippen molar-refractivity contribution in [3.8, 4) is 0 Å². The summed E-state index contributed by atoms with van der Waals surface area (Å²) >= 11 is 1.73. The molecule has 1 fully saturated rings. The molecule has 0 spiro atoms. The van der Waals surface area contributed by atoms with Gasteiger partial charge in [-0.3, -0.25) is 4.99 Å². The van der Waals surface area contributed by atoms with Crippen molar-refractivity contribution in [2.24, 2.45) is 10.9 Å². The van der Waals surface area contributed by atoms with Crippen LogP contribution in [0.15, 0.2) is 11.2 Å². The van der Waals surface area contributed by atoms with Gasteiger partial charge in [0.2, 0.25) is 0 Å². The largest absolute Gasteiger partial charge is 0.444 e. The number of guanidine groups is 1. The molecule has 1 aromatic rings. The molecule has 0 atom stereocenters. The maximum Gasteiger partial charge on any atom is 0.410 e. The van der Waals surface area contributed by atoms with Crippen LogP contribution in [-0.2, 0) is 11.2 Å². The Balaban J connectivity index is 1.65. The van der Waals surface area contributed by atoms with Crippen molar-refractivity contribution in [1.29, 1.82) is 0 Å². The smallest absolute Gasteiger partial charge is 0.410 e. The van der Waals surface area contributed by atoms with Crippen LogP contribution in [0.5, 0.6) is 0 Å². The van der Waals surface area contributed by atoms with E-state index in [0.29, 0.717) is 5.92 Å². The Bertz CT molecular complexity index is 630. The summed E-state index contributed by atoms with van der Waals surface area (Å²) in [6.07, 6.45) is 4.55. The molecule has 1 saturated heterocycles. The molecule has 152 valence electrons. The van der Waals surface area contributed by atoms with Crippen LogP contribution in [0.1, 0.15) is 43.5 Å². The second-order valence-corrected chi connectivity index (χ2v) is 9.22. The third kappa shape index (κ3) is 7.74. The minimum absolute atomic E-state index is 0.205. The number of thiazole rings is 1. The molecule has 1 amide bonds. The number of carbonyl (C=O) groups is 1. The second kappa shape index (κ2) is 9.92. The molecule has 0 bridgehead atoms. The highest BCUT2D eigenvalue weighted by Crippen LogP contribution is 2.19. The summed E-state index contributed by atoms with van der Waals surface area (Å²) in [5, 5.41) is 7.88. The van der Waals surface area contributed by atoms with Crippen molar-refractivity contribution in [2.75, 3.05) is 33.2 Å². The van der Waals surface area contributed by atoms with Crippen molar-refractivity contribution < 1.29 is 9.53 Å². The molecule has 7 nitrogen and oxygen atoms in total. The van der Waals surface area contributed by atoms with Gasteiger partial charge in [-0.2, -0.15) is 0 Å². The standard InChI is InChI=1S/C19H33N5O2S/c1-14-12-22-16(27-14)6-9-21-17(20-5)23-13-15-7-10-24(11-8-15)18(25)26-19(2,3)4/h12,15H,6-11,13H2,1-5H3,(H2,20,21,23). The predicted molar refractivity (Wildman–Crippen MR) is 110 cm³/mol. The number of amides is 1. The summed E-state index contributed by atoms with van der Waals surface area (Å²) in [6, 6.07) is 0. The zero-order valence-electron chi connectivity index (χ0n) is 17.2. The number of carbonyl (C=O) groups excluding carboxylic acids is 1. The zero-order valence-corrected chi connectivity index (χ0v) is 18.0. The van der Waals surface area contributed by atoms with Gasteiger partial charge in [0.25, 0.3) is 0 Å². The number of likely N-dealkylation sites (tertiary alicyclic amines) is 1. The van der Waals surface area contributed by atoms with Gasteiger partial charge < -0.3 is 20.3 Å². The normalized spacial score (nSPS) is 16.3.